The van der Waals surface area contributed by atoms with Gasteiger partial charge < -0.3 is 31.9 Å². The summed E-state index contributed by atoms with van der Waals surface area (Å²) in [6.45, 7) is 2.61. The number of benzene rings is 3. The van der Waals surface area contributed by atoms with Gasteiger partial charge in [-0.25, -0.2) is 4.79 Å². The lowest BCUT2D eigenvalue weighted by Crippen LogP contribution is -2.56. The number of carbonyl (C=O) groups excluding carboxylic acids is 4. The minimum atomic E-state index is -0.920. The zero-order chi connectivity index (χ0) is 30.4. The molecule has 11 heteroatoms. The predicted molar refractivity (Wildman–Crippen MR) is 165 cm³/mol. The standard InChI is InChI=1S/C32H39N7O4/c33-29(41)27(14-7-17-35-31(34)43)36-28(40)21-38-22-39(25-11-2-1-3-12-25)32(30(38)42)15-18-37(19-16-32)20-24-10-6-9-23-8-4-5-13-26(23)24/h1-6,8-13,27H,7,14-22H2,(H2,33,41)(H,36,40)(H3,34,35,43)/t27-/m0/s1. The highest BCUT2D eigenvalue weighted by molar-refractivity contribution is 5.97. The van der Waals surface area contributed by atoms with Gasteiger partial charge in [-0.2, -0.15) is 0 Å². The largest absolute Gasteiger partial charge is 0.368 e. The first-order valence-electron chi connectivity index (χ1n) is 14.7. The first-order valence-corrected chi connectivity index (χ1v) is 14.7. The van der Waals surface area contributed by atoms with E-state index in [0.717, 1.165) is 25.3 Å². The van der Waals surface area contributed by atoms with Gasteiger partial charge in [-0.15, -0.1) is 0 Å². The fourth-order valence-corrected chi connectivity index (χ4v) is 6.29. The van der Waals surface area contributed by atoms with Crippen LogP contribution in [0.25, 0.3) is 10.8 Å². The summed E-state index contributed by atoms with van der Waals surface area (Å²) in [4.78, 5) is 56.1. The highest BCUT2D eigenvalue weighted by Crippen LogP contribution is 2.39. The van der Waals surface area contributed by atoms with Gasteiger partial charge in [0.05, 0.1) is 6.67 Å². The smallest absolute Gasteiger partial charge is 0.312 e. The molecule has 0 aromatic heterocycles. The number of fused-ring (bicyclic) bond motifs is 1. The molecular formula is C32H39N7O4. The molecule has 2 aliphatic rings. The summed E-state index contributed by atoms with van der Waals surface area (Å²) in [5.41, 5.74) is 12.0. The Bertz CT molecular complexity index is 1470. The van der Waals surface area contributed by atoms with E-state index >= 15 is 0 Å². The Morgan fingerprint density at radius 2 is 1.60 bits per heavy atom. The Kier molecular flexibility index (Phi) is 9.10. The average Bonchev–Trinajstić information content (AvgIpc) is 3.26. The number of anilines is 1. The van der Waals surface area contributed by atoms with Crippen LogP contribution in [0.5, 0.6) is 0 Å². The number of amides is 5. The van der Waals surface area contributed by atoms with Crippen molar-refractivity contribution in [2.45, 2.75) is 43.8 Å². The number of para-hydroxylation sites is 1. The van der Waals surface area contributed by atoms with Crippen LogP contribution in [-0.2, 0) is 20.9 Å². The molecule has 3 aromatic rings. The summed E-state index contributed by atoms with van der Waals surface area (Å²) in [7, 11) is 0. The minimum Gasteiger partial charge on any atom is -0.368 e. The number of primary amides is 2. The van der Waals surface area contributed by atoms with Crippen molar-refractivity contribution in [1.29, 1.82) is 0 Å². The summed E-state index contributed by atoms with van der Waals surface area (Å²) >= 11 is 0. The third kappa shape index (κ3) is 6.72. The molecule has 1 spiro atoms. The van der Waals surface area contributed by atoms with Crippen LogP contribution in [0.15, 0.2) is 72.8 Å². The Labute approximate surface area is 251 Å². The predicted octanol–water partition coefficient (Wildman–Crippen LogP) is 1.90. The fourth-order valence-electron chi connectivity index (χ4n) is 6.29. The molecule has 0 radical (unpaired) electrons. The molecule has 5 rings (SSSR count). The van der Waals surface area contributed by atoms with Gasteiger partial charge in [0.2, 0.25) is 17.7 Å². The van der Waals surface area contributed by atoms with E-state index < -0.39 is 29.4 Å². The molecule has 0 bridgehead atoms. The molecule has 2 saturated heterocycles. The van der Waals surface area contributed by atoms with E-state index in [4.69, 9.17) is 11.5 Å². The maximum Gasteiger partial charge on any atom is 0.312 e. The van der Waals surface area contributed by atoms with Crippen molar-refractivity contribution in [2.75, 3.05) is 37.7 Å². The second-order valence-electron chi connectivity index (χ2n) is 11.3. The van der Waals surface area contributed by atoms with Gasteiger partial charge in [-0.05, 0) is 54.2 Å². The molecular weight excluding hydrogens is 546 g/mol. The summed E-state index contributed by atoms with van der Waals surface area (Å²) in [6.07, 6.45) is 1.89. The molecule has 2 heterocycles. The number of nitrogens with one attached hydrogen (secondary N) is 2. The van der Waals surface area contributed by atoms with Gasteiger partial charge in [0.1, 0.15) is 18.1 Å². The number of nitrogens with zero attached hydrogens (tertiary/aromatic N) is 3. The minimum absolute atomic E-state index is 0.0856. The van der Waals surface area contributed by atoms with E-state index in [-0.39, 0.29) is 32.1 Å². The number of urea groups is 1. The van der Waals surface area contributed by atoms with E-state index in [1.165, 1.54) is 16.3 Å². The van der Waals surface area contributed by atoms with Crippen molar-refractivity contribution in [3.63, 3.8) is 0 Å². The van der Waals surface area contributed by atoms with E-state index in [1.54, 1.807) is 4.90 Å². The Morgan fingerprint density at radius 3 is 2.33 bits per heavy atom. The molecule has 1 atom stereocenters. The summed E-state index contributed by atoms with van der Waals surface area (Å²) in [5, 5.41) is 7.57. The number of piperidine rings is 1. The maximum atomic E-state index is 14.1. The van der Waals surface area contributed by atoms with Gasteiger partial charge in [0, 0.05) is 31.9 Å². The van der Waals surface area contributed by atoms with Crippen molar-refractivity contribution in [1.82, 2.24) is 20.4 Å². The maximum absolute atomic E-state index is 14.1. The van der Waals surface area contributed by atoms with Gasteiger partial charge in [0.25, 0.3) is 0 Å². The van der Waals surface area contributed by atoms with Gasteiger partial charge in [0.15, 0.2) is 0 Å². The molecule has 0 aliphatic carbocycles. The zero-order valence-corrected chi connectivity index (χ0v) is 24.2. The average molecular weight is 586 g/mol. The lowest BCUT2D eigenvalue weighted by atomic mass is 9.85. The van der Waals surface area contributed by atoms with Crippen LogP contribution in [0.4, 0.5) is 10.5 Å². The van der Waals surface area contributed by atoms with Crippen molar-refractivity contribution in [2.24, 2.45) is 11.5 Å². The Balaban J connectivity index is 1.27. The highest BCUT2D eigenvalue weighted by Gasteiger charge is 2.54. The lowest BCUT2D eigenvalue weighted by Gasteiger charge is -2.43. The van der Waals surface area contributed by atoms with E-state index in [2.05, 4.69) is 56.8 Å². The van der Waals surface area contributed by atoms with Gasteiger partial charge >= 0.3 is 6.03 Å². The number of hydrogen-bond donors (Lipinski definition) is 4. The highest BCUT2D eigenvalue weighted by atomic mass is 16.2. The first kappa shape index (κ1) is 29.8. The van der Waals surface area contributed by atoms with Gasteiger partial charge in [-0.1, -0.05) is 60.7 Å². The van der Waals surface area contributed by atoms with Crippen LogP contribution in [0.2, 0.25) is 0 Å². The van der Waals surface area contributed by atoms with Crippen LogP contribution < -0.4 is 27.0 Å². The van der Waals surface area contributed by atoms with E-state index in [1.807, 2.05) is 36.4 Å². The fraction of sp³-hybridized carbons (Fsp3) is 0.375. The molecule has 6 N–H and O–H groups in total. The van der Waals surface area contributed by atoms with Crippen molar-refractivity contribution in [3.8, 4) is 0 Å². The normalized spacial score (nSPS) is 17.3. The monoisotopic (exact) mass is 585 g/mol. The van der Waals surface area contributed by atoms with Crippen LogP contribution in [0, 0.1) is 0 Å². The molecule has 5 amide bonds. The Morgan fingerprint density at radius 1 is 0.907 bits per heavy atom. The van der Waals surface area contributed by atoms with E-state index in [9.17, 15) is 19.2 Å². The molecule has 3 aromatic carbocycles. The number of carbonyl (C=O) groups is 4. The topological polar surface area (TPSA) is 154 Å². The first-order chi connectivity index (χ1) is 20.8. The van der Waals surface area contributed by atoms with Crippen LogP contribution in [0.1, 0.15) is 31.2 Å². The molecule has 2 fully saturated rings. The van der Waals surface area contributed by atoms with Crippen LogP contribution >= 0.6 is 0 Å². The molecule has 43 heavy (non-hydrogen) atoms. The second-order valence-corrected chi connectivity index (χ2v) is 11.3. The number of likely N-dealkylation sites (tertiary alicyclic amines) is 1. The number of rotatable bonds is 11. The van der Waals surface area contributed by atoms with Crippen molar-refractivity contribution < 1.29 is 19.2 Å². The summed E-state index contributed by atoms with van der Waals surface area (Å²) < 4.78 is 0. The van der Waals surface area contributed by atoms with Crippen molar-refractivity contribution >= 4 is 40.2 Å². The third-order valence-corrected chi connectivity index (χ3v) is 8.52. The van der Waals surface area contributed by atoms with Gasteiger partial charge in [-0.3, -0.25) is 19.3 Å². The summed E-state index contributed by atoms with van der Waals surface area (Å²) in [5.74, 6) is -1.22. The van der Waals surface area contributed by atoms with Crippen LogP contribution in [0.3, 0.4) is 0 Å². The second kappa shape index (κ2) is 13.1. The molecule has 2 aliphatic heterocycles. The quantitative estimate of drug-likeness (QED) is 0.252. The SMILES string of the molecule is NC(=O)NCCC[C@H](NC(=O)CN1CN(c2ccccc2)C2(CCN(Cc3cccc4ccccc34)CC2)C1=O)C(N)=O. The van der Waals surface area contributed by atoms with Crippen LogP contribution in [-0.4, -0.2) is 78.0 Å². The molecule has 11 nitrogen and oxygen atoms in total. The summed E-state index contributed by atoms with van der Waals surface area (Å²) in [6, 6.07) is 23.0. The van der Waals surface area contributed by atoms with E-state index in [0.29, 0.717) is 19.3 Å². The van der Waals surface area contributed by atoms with Crippen molar-refractivity contribution in [3.05, 3.63) is 78.4 Å². The Hall–Kier alpha value is -4.64. The zero-order valence-electron chi connectivity index (χ0n) is 24.2. The lowest BCUT2D eigenvalue weighted by molar-refractivity contribution is -0.137. The third-order valence-electron chi connectivity index (χ3n) is 8.52. The molecule has 0 saturated carbocycles. The molecule has 226 valence electrons. The molecule has 0 unspecified atom stereocenters. The number of nitrogens with two attached hydrogens (primary N) is 2. The number of hydrogen-bond acceptors (Lipinski definition) is 6.